The summed E-state index contributed by atoms with van der Waals surface area (Å²) in [5.41, 5.74) is 0.845. The lowest BCUT2D eigenvalue weighted by Crippen LogP contribution is -2.36. The third-order valence-electron chi connectivity index (χ3n) is 2.80. The Hall–Kier alpha value is -1.02. The first kappa shape index (κ1) is 14.0. The molecule has 17 heavy (non-hydrogen) atoms. The first-order valence-electron chi connectivity index (χ1n) is 6.18. The molecule has 0 aliphatic heterocycles. The molecule has 0 aromatic heterocycles. The van der Waals surface area contributed by atoms with Crippen LogP contribution >= 0.6 is 11.6 Å². The fourth-order valence-corrected chi connectivity index (χ4v) is 1.98. The lowest BCUT2D eigenvalue weighted by atomic mass is 10.1. The normalized spacial score (nSPS) is 14.1. The van der Waals surface area contributed by atoms with Crippen LogP contribution in [0.2, 0.25) is 0 Å². The Bertz CT molecular complexity index is 339. The molecule has 0 radical (unpaired) electrons. The minimum Gasteiger partial charge on any atom is -0.352 e. The highest BCUT2D eigenvalue weighted by Crippen LogP contribution is 2.20. The highest BCUT2D eigenvalue weighted by Gasteiger charge is 2.19. The third-order valence-corrected chi connectivity index (χ3v) is 3.25. The van der Waals surface area contributed by atoms with Gasteiger partial charge in [-0.2, -0.15) is 0 Å². The molecule has 1 N–H and O–H groups in total. The summed E-state index contributed by atoms with van der Waals surface area (Å²) >= 11 is 6.15. The van der Waals surface area contributed by atoms with E-state index >= 15 is 0 Å². The molecule has 0 aliphatic rings. The van der Waals surface area contributed by atoms with Gasteiger partial charge in [0.05, 0.1) is 0 Å². The molecule has 0 saturated carbocycles. The third kappa shape index (κ3) is 4.39. The highest BCUT2D eigenvalue weighted by molar-refractivity contribution is 6.30. The molecule has 0 bridgehead atoms. The highest BCUT2D eigenvalue weighted by atomic mass is 35.5. The van der Waals surface area contributed by atoms with Gasteiger partial charge in [-0.1, -0.05) is 50.6 Å². The SMILES string of the molecule is CCCC(CC)NC(=O)C(Cl)c1ccccc1. The second kappa shape index (κ2) is 7.33. The van der Waals surface area contributed by atoms with Crippen LogP contribution in [0.15, 0.2) is 30.3 Å². The summed E-state index contributed by atoms with van der Waals surface area (Å²) in [6.07, 6.45) is 3.01. The molecule has 1 aromatic rings. The zero-order valence-corrected chi connectivity index (χ0v) is 11.2. The fourth-order valence-electron chi connectivity index (χ4n) is 1.77. The van der Waals surface area contributed by atoms with Gasteiger partial charge in [0.1, 0.15) is 5.38 Å². The summed E-state index contributed by atoms with van der Waals surface area (Å²) in [4.78, 5) is 11.9. The van der Waals surface area contributed by atoms with Crippen LogP contribution in [0.5, 0.6) is 0 Å². The van der Waals surface area contributed by atoms with Crippen molar-refractivity contribution >= 4 is 17.5 Å². The molecular formula is C14H20ClNO. The van der Waals surface area contributed by atoms with Crippen molar-refractivity contribution in [1.82, 2.24) is 5.32 Å². The monoisotopic (exact) mass is 253 g/mol. The Labute approximate surface area is 108 Å². The lowest BCUT2D eigenvalue weighted by Gasteiger charge is -2.18. The molecule has 2 atom stereocenters. The van der Waals surface area contributed by atoms with Gasteiger partial charge in [0.2, 0.25) is 5.91 Å². The van der Waals surface area contributed by atoms with Gasteiger partial charge in [0.15, 0.2) is 0 Å². The van der Waals surface area contributed by atoms with Crippen molar-refractivity contribution in [3.05, 3.63) is 35.9 Å². The molecule has 0 saturated heterocycles. The van der Waals surface area contributed by atoms with E-state index in [1.54, 1.807) is 0 Å². The van der Waals surface area contributed by atoms with Gasteiger partial charge < -0.3 is 5.32 Å². The van der Waals surface area contributed by atoms with E-state index in [1.165, 1.54) is 0 Å². The average Bonchev–Trinajstić information content (AvgIpc) is 2.38. The summed E-state index contributed by atoms with van der Waals surface area (Å²) in [6, 6.07) is 9.67. The number of hydrogen-bond donors (Lipinski definition) is 1. The molecule has 2 unspecified atom stereocenters. The van der Waals surface area contributed by atoms with Crippen molar-refractivity contribution in [2.75, 3.05) is 0 Å². The topological polar surface area (TPSA) is 29.1 Å². The zero-order chi connectivity index (χ0) is 12.7. The van der Waals surface area contributed by atoms with Gasteiger partial charge in [-0.25, -0.2) is 0 Å². The second-order valence-corrected chi connectivity index (χ2v) is 4.61. The van der Waals surface area contributed by atoms with E-state index in [9.17, 15) is 4.79 Å². The maximum absolute atomic E-state index is 11.9. The molecule has 0 fully saturated rings. The van der Waals surface area contributed by atoms with Gasteiger partial charge in [-0.05, 0) is 18.4 Å². The van der Waals surface area contributed by atoms with Gasteiger partial charge >= 0.3 is 0 Å². The lowest BCUT2D eigenvalue weighted by molar-refractivity contribution is -0.121. The van der Waals surface area contributed by atoms with Crippen molar-refractivity contribution in [3.63, 3.8) is 0 Å². The molecule has 0 heterocycles. The summed E-state index contributed by atoms with van der Waals surface area (Å²) < 4.78 is 0. The summed E-state index contributed by atoms with van der Waals surface area (Å²) in [5, 5.41) is 2.40. The minimum atomic E-state index is -0.595. The quantitative estimate of drug-likeness (QED) is 0.771. The van der Waals surface area contributed by atoms with Crippen LogP contribution in [0, 0.1) is 0 Å². The molecule has 1 amide bonds. The molecule has 3 heteroatoms. The number of halogens is 1. The zero-order valence-electron chi connectivity index (χ0n) is 10.4. The van der Waals surface area contributed by atoms with Crippen LogP contribution < -0.4 is 5.32 Å². The van der Waals surface area contributed by atoms with Crippen LogP contribution in [-0.2, 0) is 4.79 Å². The largest absolute Gasteiger partial charge is 0.352 e. The standard InChI is InChI=1S/C14H20ClNO/c1-3-8-12(4-2)16-14(17)13(15)11-9-6-5-7-10-11/h5-7,9-10,12-13H,3-4,8H2,1-2H3,(H,16,17). The van der Waals surface area contributed by atoms with E-state index in [2.05, 4.69) is 19.2 Å². The van der Waals surface area contributed by atoms with Gasteiger partial charge in [-0.3, -0.25) is 4.79 Å². The number of alkyl halides is 1. The van der Waals surface area contributed by atoms with Crippen molar-refractivity contribution in [2.45, 2.75) is 44.5 Å². The number of nitrogens with one attached hydrogen (secondary N) is 1. The van der Waals surface area contributed by atoms with Crippen LogP contribution in [0.1, 0.15) is 44.1 Å². The Morgan fingerprint density at radius 1 is 1.29 bits per heavy atom. The van der Waals surface area contributed by atoms with E-state index in [0.717, 1.165) is 24.8 Å². The molecule has 94 valence electrons. The first-order chi connectivity index (χ1) is 8.19. The van der Waals surface area contributed by atoms with E-state index < -0.39 is 5.38 Å². The van der Waals surface area contributed by atoms with Crippen LogP contribution in [0.25, 0.3) is 0 Å². The van der Waals surface area contributed by atoms with E-state index in [4.69, 9.17) is 11.6 Å². The summed E-state index contributed by atoms with van der Waals surface area (Å²) in [5.74, 6) is -0.0989. The predicted octanol–water partition coefficient (Wildman–Crippen LogP) is 3.66. The molecule has 1 aromatic carbocycles. The van der Waals surface area contributed by atoms with Gasteiger partial charge in [0, 0.05) is 6.04 Å². The molecule has 0 spiro atoms. The Morgan fingerprint density at radius 2 is 1.94 bits per heavy atom. The van der Waals surface area contributed by atoms with E-state index in [-0.39, 0.29) is 11.9 Å². The number of carbonyl (C=O) groups is 1. The van der Waals surface area contributed by atoms with Crippen molar-refractivity contribution in [1.29, 1.82) is 0 Å². The van der Waals surface area contributed by atoms with Crippen molar-refractivity contribution in [3.8, 4) is 0 Å². The predicted molar refractivity (Wildman–Crippen MR) is 72.2 cm³/mol. The minimum absolute atomic E-state index is 0.0989. The number of amides is 1. The molecular weight excluding hydrogens is 234 g/mol. The van der Waals surface area contributed by atoms with Crippen LogP contribution in [0.3, 0.4) is 0 Å². The molecule has 0 aliphatic carbocycles. The Kier molecular flexibility index (Phi) is 6.06. The number of benzene rings is 1. The summed E-state index contributed by atoms with van der Waals surface area (Å²) in [7, 11) is 0. The average molecular weight is 254 g/mol. The summed E-state index contributed by atoms with van der Waals surface area (Å²) in [6.45, 7) is 4.19. The van der Waals surface area contributed by atoms with Gasteiger partial charge in [-0.15, -0.1) is 11.6 Å². The van der Waals surface area contributed by atoms with Crippen LogP contribution in [-0.4, -0.2) is 11.9 Å². The first-order valence-corrected chi connectivity index (χ1v) is 6.62. The van der Waals surface area contributed by atoms with Gasteiger partial charge in [0.25, 0.3) is 0 Å². The van der Waals surface area contributed by atoms with E-state index in [0.29, 0.717) is 0 Å². The van der Waals surface area contributed by atoms with Crippen molar-refractivity contribution < 1.29 is 4.79 Å². The number of carbonyl (C=O) groups excluding carboxylic acids is 1. The van der Waals surface area contributed by atoms with Crippen molar-refractivity contribution in [2.24, 2.45) is 0 Å². The van der Waals surface area contributed by atoms with Crippen LogP contribution in [0.4, 0.5) is 0 Å². The maximum atomic E-state index is 11.9. The molecule has 1 rings (SSSR count). The number of hydrogen-bond acceptors (Lipinski definition) is 1. The second-order valence-electron chi connectivity index (χ2n) is 4.18. The maximum Gasteiger partial charge on any atom is 0.242 e. The smallest absolute Gasteiger partial charge is 0.242 e. The van der Waals surface area contributed by atoms with E-state index in [1.807, 2.05) is 30.3 Å². The Morgan fingerprint density at radius 3 is 2.47 bits per heavy atom. The number of rotatable bonds is 6. The Balaban J connectivity index is 2.58. The fraction of sp³-hybridized carbons (Fsp3) is 0.500. The molecule has 2 nitrogen and oxygen atoms in total.